The Morgan fingerprint density at radius 2 is 1.22 bits per heavy atom. The number of aliphatic imine (C=N–C) groups is 2. The van der Waals surface area contributed by atoms with Crippen molar-refractivity contribution in [1.82, 2.24) is 10.2 Å². The first-order chi connectivity index (χ1) is 24.6. The molecular formula is C40H41ClN8O2. The molecule has 6 rings (SSSR count). The van der Waals surface area contributed by atoms with Crippen LogP contribution in [0.1, 0.15) is 44.5 Å². The smallest absolute Gasteiger partial charge is 0.243 e. The maximum atomic E-state index is 12.5. The number of nitriles is 2. The molecule has 4 aromatic rings. The minimum Gasteiger partial charge on any atom is -0.368 e. The molecule has 0 fully saturated rings. The lowest BCUT2D eigenvalue weighted by atomic mass is 10.1. The van der Waals surface area contributed by atoms with E-state index < -0.39 is 0 Å². The summed E-state index contributed by atoms with van der Waals surface area (Å²) in [5, 5.41) is 26.5. The number of aryl methyl sites for hydroxylation is 4. The Balaban J connectivity index is 0.000000189. The lowest BCUT2D eigenvalue weighted by molar-refractivity contribution is -0.116. The molecule has 2 amide bonds. The standard InChI is InChI=1S/C20H20N4O.C10H12ClNO.C10H9N3/c1-14-4-3-5-15(2)19(14)23-18(25)13-24-11-10-22-20(24)17-8-6-16(12-21)7-9-17;1-7-4-3-5-8(2)10(7)12-9(13)6-11;11-7-8-1-3-9(4-2-8)10-12-5-6-13-10/h3-9H,10-11,13H2,1-2H3,(H,23,25);3-5H,6H2,1-2H3,(H,12,13);1-4H,5-6H2,(H,12,13). The molecule has 0 atom stereocenters. The zero-order valence-electron chi connectivity index (χ0n) is 29.3. The van der Waals surface area contributed by atoms with Gasteiger partial charge in [-0.2, -0.15) is 10.5 Å². The topological polar surface area (TPSA) is 146 Å². The van der Waals surface area contributed by atoms with Gasteiger partial charge in [0.25, 0.3) is 0 Å². The molecule has 4 aromatic carbocycles. The first-order valence-corrected chi connectivity index (χ1v) is 17.0. The molecule has 2 aliphatic heterocycles. The second-order valence-electron chi connectivity index (χ2n) is 11.9. The van der Waals surface area contributed by atoms with Gasteiger partial charge in [-0.25, -0.2) is 0 Å². The van der Waals surface area contributed by atoms with Crippen molar-refractivity contribution in [2.24, 2.45) is 9.98 Å². The van der Waals surface area contributed by atoms with Gasteiger partial charge in [-0.3, -0.25) is 19.6 Å². The summed E-state index contributed by atoms with van der Waals surface area (Å²) in [4.78, 5) is 34.3. The number of hydrogen-bond acceptors (Lipinski definition) is 8. The number of carbonyl (C=O) groups is 2. The van der Waals surface area contributed by atoms with Gasteiger partial charge in [-0.1, -0.05) is 36.4 Å². The number of para-hydroxylation sites is 2. The van der Waals surface area contributed by atoms with E-state index in [2.05, 4.69) is 38.1 Å². The number of amidine groups is 2. The minimum atomic E-state index is -0.168. The lowest BCUT2D eigenvalue weighted by Gasteiger charge is -2.21. The highest BCUT2D eigenvalue weighted by atomic mass is 35.5. The van der Waals surface area contributed by atoms with Gasteiger partial charge in [0.2, 0.25) is 11.8 Å². The van der Waals surface area contributed by atoms with Gasteiger partial charge in [0.15, 0.2) is 0 Å². The number of halogens is 1. The Morgan fingerprint density at radius 3 is 1.67 bits per heavy atom. The fourth-order valence-corrected chi connectivity index (χ4v) is 5.51. The second kappa shape index (κ2) is 18.7. The van der Waals surface area contributed by atoms with Crippen molar-refractivity contribution < 1.29 is 9.59 Å². The van der Waals surface area contributed by atoms with Crippen LogP contribution in [0.5, 0.6) is 0 Å². The number of amides is 2. The van der Waals surface area contributed by atoms with E-state index in [4.69, 9.17) is 22.1 Å². The fraction of sp³-hybridized carbons (Fsp3) is 0.250. The van der Waals surface area contributed by atoms with E-state index in [1.807, 2.05) is 93.3 Å². The molecular weight excluding hydrogens is 660 g/mol. The summed E-state index contributed by atoms with van der Waals surface area (Å²) < 4.78 is 0. The van der Waals surface area contributed by atoms with Crippen molar-refractivity contribution in [2.75, 3.05) is 49.2 Å². The summed E-state index contributed by atoms with van der Waals surface area (Å²) in [5.74, 6) is 1.51. The third-order valence-corrected chi connectivity index (χ3v) is 8.35. The summed E-state index contributed by atoms with van der Waals surface area (Å²) in [7, 11) is 0. The van der Waals surface area contributed by atoms with Gasteiger partial charge in [-0.05, 0) is 98.5 Å². The molecule has 260 valence electrons. The normalized spacial score (nSPS) is 12.7. The van der Waals surface area contributed by atoms with Crippen molar-refractivity contribution in [3.63, 3.8) is 0 Å². The van der Waals surface area contributed by atoms with Crippen LogP contribution in [0.15, 0.2) is 94.9 Å². The molecule has 0 saturated carbocycles. The van der Waals surface area contributed by atoms with Gasteiger partial charge in [0.05, 0.1) is 42.9 Å². The van der Waals surface area contributed by atoms with E-state index in [0.29, 0.717) is 17.7 Å². The predicted octanol–water partition coefficient (Wildman–Crippen LogP) is 6.26. The Kier molecular flexibility index (Phi) is 13.9. The van der Waals surface area contributed by atoms with E-state index >= 15 is 0 Å². The van der Waals surface area contributed by atoms with Crippen LogP contribution in [-0.4, -0.2) is 67.0 Å². The lowest BCUT2D eigenvalue weighted by Crippen LogP contribution is -2.36. The van der Waals surface area contributed by atoms with Gasteiger partial charge in [0.1, 0.15) is 17.6 Å². The van der Waals surface area contributed by atoms with Crippen molar-refractivity contribution >= 4 is 46.5 Å². The maximum absolute atomic E-state index is 12.5. The summed E-state index contributed by atoms with van der Waals surface area (Å²) in [5.41, 5.74) is 9.23. The molecule has 0 unspecified atom stereocenters. The molecule has 0 aromatic heterocycles. The van der Waals surface area contributed by atoms with E-state index in [1.54, 1.807) is 24.3 Å². The Morgan fingerprint density at radius 1 is 0.725 bits per heavy atom. The number of nitrogens with zero attached hydrogens (tertiary/aromatic N) is 5. The molecule has 11 heteroatoms. The van der Waals surface area contributed by atoms with E-state index in [0.717, 1.165) is 76.1 Å². The quantitative estimate of drug-likeness (QED) is 0.194. The molecule has 2 heterocycles. The average molecular weight is 701 g/mol. The van der Waals surface area contributed by atoms with Gasteiger partial charge >= 0.3 is 0 Å². The Labute approximate surface area is 304 Å². The van der Waals surface area contributed by atoms with Crippen LogP contribution in [0.3, 0.4) is 0 Å². The highest BCUT2D eigenvalue weighted by Crippen LogP contribution is 2.21. The van der Waals surface area contributed by atoms with Gasteiger partial charge in [0, 0.05) is 35.6 Å². The third kappa shape index (κ3) is 10.8. The van der Waals surface area contributed by atoms with E-state index in [-0.39, 0.29) is 24.2 Å². The Hall–Kier alpha value is -5.97. The number of rotatable bonds is 7. The molecule has 0 radical (unpaired) electrons. The zero-order chi connectivity index (χ0) is 36.8. The largest absolute Gasteiger partial charge is 0.368 e. The number of benzene rings is 4. The average Bonchev–Trinajstić information content (AvgIpc) is 3.85. The van der Waals surface area contributed by atoms with Gasteiger partial charge < -0.3 is 20.9 Å². The monoisotopic (exact) mass is 700 g/mol. The van der Waals surface area contributed by atoms with Crippen LogP contribution in [0, 0.1) is 50.4 Å². The zero-order valence-corrected chi connectivity index (χ0v) is 30.0. The van der Waals surface area contributed by atoms with Crippen LogP contribution in [0.2, 0.25) is 0 Å². The fourth-order valence-electron chi connectivity index (χ4n) is 5.45. The molecule has 51 heavy (non-hydrogen) atoms. The summed E-state index contributed by atoms with van der Waals surface area (Å²) in [6.07, 6.45) is 0. The maximum Gasteiger partial charge on any atom is 0.243 e. The van der Waals surface area contributed by atoms with Crippen LogP contribution < -0.4 is 16.0 Å². The first-order valence-electron chi connectivity index (χ1n) is 16.5. The summed E-state index contributed by atoms with van der Waals surface area (Å²) in [6.45, 7) is 11.3. The van der Waals surface area contributed by atoms with Crippen molar-refractivity contribution in [1.29, 1.82) is 10.5 Å². The molecule has 2 aliphatic rings. The molecule has 0 bridgehead atoms. The highest BCUT2D eigenvalue weighted by Gasteiger charge is 2.21. The molecule has 3 N–H and O–H groups in total. The van der Waals surface area contributed by atoms with E-state index in [9.17, 15) is 9.59 Å². The van der Waals surface area contributed by atoms with Crippen LogP contribution >= 0.6 is 11.6 Å². The third-order valence-electron chi connectivity index (χ3n) is 8.11. The molecule has 0 spiro atoms. The predicted molar refractivity (Wildman–Crippen MR) is 205 cm³/mol. The summed E-state index contributed by atoms with van der Waals surface area (Å²) >= 11 is 5.39. The van der Waals surface area contributed by atoms with Gasteiger partial charge in [-0.15, -0.1) is 11.6 Å². The second-order valence-corrected chi connectivity index (χ2v) is 12.2. The Bertz CT molecular complexity index is 1950. The highest BCUT2D eigenvalue weighted by molar-refractivity contribution is 6.29. The van der Waals surface area contributed by atoms with Crippen LogP contribution in [0.4, 0.5) is 11.4 Å². The first kappa shape index (κ1) is 37.8. The number of anilines is 2. The van der Waals surface area contributed by atoms with Crippen molar-refractivity contribution in [2.45, 2.75) is 27.7 Å². The van der Waals surface area contributed by atoms with Crippen LogP contribution in [-0.2, 0) is 9.59 Å². The number of nitrogens with one attached hydrogen (secondary N) is 3. The van der Waals surface area contributed by atoms with Crippen molar-refractivity contribution in [3.8, 4) is 12.1 Å². The van der Waals surface area contributed by atoms with Crippen molar-refractivity contribution in [3.05, 3.63) is 129 Å². The van der Waals surface area contributed by atoms with E-state index in [1.165, 1.54) is 0 Å². The molecule has 0 aliphatic carbocycles. The summed E-state index contributed by atoms with van der Waals surface area (Å²) in [6, 6.07) is 30.7. The molecule has 10 nitrogen and oxygen atoms in total. The van der Waals surface area contributed by atoms with Crippen LogP contribution in [0.25, 0.3) is 0 Å². The number of alkyl halides is 1. The number of carbonyl (C=O) groups excluding carboxylic acids is 2. The number of hydrogen-bond donors (Lipinski definition) is 3. The molecule has 0 saturated heterocycles. The minimum absolute atomic E-state index is 0.00618. The SMILES string of the molecule is Cc1cccc(C)c1NC(=O)CCl.Cc1cccc(C)c1NC(=O)CN1CCN=C1c1ccc(C#N)cc1.N#Cc1ccc(C2=NCCN2)cc1.